The average Bonchev–Trinajstić information content (AvgIpc) is 2.44. The van der Waals surface area contributed by atoms with Crippen molar-refractivity contribution in [1.29, 1.82) is 0 Å². The first kappa shape index (κ1) is 13.5. The number of aryl methyl sites for hydroxylation is 1. The molecule has 100 valence electrons. The van der Waals surface area contributed by atoms with Crippen molar-refractivity contribution in [1.82, 2.24) is 10.3 Å². The van der Waals surface area contributed by atoms with E-state index in [4.69, 9.17) is 0 Å². The molecule has 0 spiro atoms. The number of hydrogen-bond acceptors (Lipinski definition) is 2. The molecule has 1 N–H and O–H groups in total. The maximum absolute atomic E-state index is 11.7. The second-order valence-corrected chi connectivity index (χ2v) is 4.87. The van der Waals surface area contributed by atoms with Crippen molar-refractivity contribution in [3.05, 3.63) is 42.1 Å². The number of hydrogen-bond donors (Lipinski definition) is 1. The number of fused-ring (bicyclic) bond motifs is 1. The van der Waals surface area contributed by atoms with Gasteiger partial charge in [-0.15, -0.1) is 0 Å². The summed E-state index contributed by atoms with van der Waals surface area (Å²) in [4.78, 5) is 16.3. The Balaban J connectivity index is 1.96. The third-order valence-electron chi connectivity index (χ3n) is 3.28. The Labute approximate surface area is 114 Å². The van der Waals surface area contributed by atoms with E-state index in [1.807, 2.05) is 37.3 Å². The van der Waals surface area contributed by atoms with Gasteiger partial charge in [-0.25, -0.2) is 0 Å². The highest BCUT2D eigenvalue weighted by Crippen LogP contribution is 2.12. The van der Waals surface area contributed by atoms with Crippen molar-refractivity contribution in [2.24, 2.45) is 0 Å². The van der Waals surface area contributed by atoms with Crippen LogP contribution in [0.3, 0.4) is 0 Å². The van der Waals surface area contributed by atoms with E-state index in [-0.39, 0.29) is 11.9 Å². The molecule has 1 heterocycles. The molecule has 0 aliphatic heterocycles. The van der Waals surface area contributed by atoms with Gasteiger partial charge < -0.3 is 5.32 Å². The predicted molar refractivity (Wildman–Crippen MR) is 78.0 cm³/mol. The summed E-state index contributed by atoms with van der Waals surface area (Å²) in [6, 6.07) is 12.3. The number of carbonyl (C=O) groups excluding carboxylic acids is 1. The second-order valence-electron chi connectivity index (χ2n) is 4.87. The minimum absolute atomic E-state index is 0.101. The second kappa shape index (κ2) is 6.32. The molecule has 3 heteroatoms. The average molecular weight is 256 g/mol. The Hall–Kier alpha value is -1.90. The lowest BCUT2D eigenvalue weighted by Crippen LogP contribution is -2.32. The Kier molecular flexibility index (Phi) is 4.50. The molecule has 3 nitrogen and oxygen atoms in total. The molecule has 2 aromatic rings. The quantitative estimate of drug-likeness (QED) is 0.893. The van der Waals surface area contributed by atoms with E-state index in [9.17, 15) is 4.79 Å². The molecule has 0 bridgehead atoms. The van der Waals surface area contributed by atoms with Gasteiger partial charge in [-0.1, -0.05) is 31.2 Å². The number of nitrogens with zero attached hydrogens (tertiary/aromatic N) is 1. The van der Waals surface area contributed by atoms with Crippen molar-refractivity contribution < 1.29 is 4.79 Å². The van der Waals surface area contributed by atoms with Crippen LogP contribution < -0.4 is 5.32 Å². The van der Waals surface area contributed by atoms with E-state index in [2.05, 4.69) is 23.3 Å². The molecule has 1 atom stereocenters. The van der Waals surface area contributed by atoms with Gasteiger partial charge in [0.2, 0.25) is 5.91 Å². The Morgan fingerprint density at radius 3 is 2.84 bits per heavy atom. The fraction of sp³-hybridized carbons (Fsp3) is 0.375. The molecule has 2 rings (SSSR count). The van der Waals surface area contributed by atoms with Crippen LogP contribution in [0, 0.1) is 0 Å². The summed E-state index contributed by atoms with van der Waals surface area (Å²) in [5.41, 5.74) is 1.96. The van der Waals surface area contributed by atoms with Crippen molar-refractivity contribution in [3.8, 4) is 0 Å². The molecule has 0 aliphatic rings. The summed E-state index contributed by atoms with van der Waals surface area (Å²) < 4.78 is 0. The standard InChI is InChI=1S/C16H20N2O/c1-3-12(2)17-16(19)11-10-14-9-8-13-6-4-5-7-15(13)18-14/h4-9,12H,3,10-11H2,1-2H3,(H,17,19). The molecule has 0 fully saturated rings. The first-order chi connectivity index (χ1) is 9.19. The summed E-state index contributed by atoms with van der Waals surface area (Å²) >= 11 is 0. The number of nitrogens with one attached hydrogen (secondary N) is 1. The zero-order valence-corrected chi connectivity index (χ0v) is 11.5. The van der Waals surface area contributed by atoms with Gasteiger partial charge in [-0.3, -0.25) is 9.78 Å². The lowest BCUT2D eigenvalue weighted by molar-refractivity contribution is -0.121. The molecule has 0 aliphatic carbocycles. The summed E-state index contributed by atoms with van der Waals surface area (Å²) in [7, 11) is 0. The van der Waals surface area contributed by atoms with Gasteiger partial charge in [0.05, 0.1) is 5.52 Å². The summed E-state index contributed by atoms with van der Waals surface area (Å²) in [6.45, 7) is 4.09. The minimum atomic E-state index is 0.101. The van der Waals surface area contributed by atoms with E-state index >= 15 is 0 Å². The third kappa shape index (κ3) is 3.78. The highest BCUT2D eigenvalue weighted by atomic mass is 16.1. The normalized spacial score (nSPS) is 12.3. The molecule has 1 aromatic carbocycles. The first-order valence-corrected chi connectivity index (χ1v) is 6.83. The highest BCUT2D eigenvalue weighted by Gasteiger charge is 2.06. The number of amides is 1. The lowest BCUT2D eigenvalue weighted by Gasteiger charge is -2.11. The van der Waals surface area contributed by atoms with Crippen molar-refractivity contribution >= 4 is 16.8 Å². The minimum Gasteiger partial charge on any atom is -0.354 e. The van der Waals surface area contributed by atoms with Gasteiger partial charge in [0.15, 0.2) is 0 Å². The van der Waals surface area contributed by atoms with Crippen LogP contribution in [0.1, 0.15) is 32.4 Å². The Morgan fingerprint density at radius 2 is 2.05 bits per heavy atom. The Morgan fingerprint density at radius 1 is 1.26 bits per heavy atom. The summed E-state index contributed by atoms with van der Waals surface area (Å²) in [5, 5.41) is 4.10. The molecule has 1 amide bonds. The SMILES string of the molecule is CCC(C)NC(=O)CCc1ccc2ccccc2n1. The van der Waals surface area contributed by atoms with Crippen LogP contribution in [0.25, 0.3) is 10.9 Å². The van der Waals surface area contributed by atoms with Crippen molar-refractivity contribution in [2.75, 3.05) is 0 Å². The van der Waals surface area contributed by atoms with E-state index in [1.54, 1.807) is 0 Å². The van der Waals surface area contributed by atoms with Crippen LogP contribution in [0.15, 0.2) is 36.4 Å². The fourth-order valence-electron chi connectivity index (χ4n) is 1.94. The fourth-order valence-corrected chi connectivity index (χ4v) is 1.94. The van der Waals surface area contributed by atoms with E-state index < -0.39 is 0 Å². The maximum Gasteiger partial charge on any atom is 0.220 e. The van der Waals surface area contributed by atoms with Crippen molar-refractivity contribution in [3.63, 3.8) is 0 Å². The molecule has 19 heavy (non-hydrogen) atoms. The van der Waals surface area contributed by atoms with Gasteiger partial charge in [0, 0.05) is 23.5 Å². The van der Waals surface area contributed by atoms with Crippen LogP contribution in [0.4, 0.5) is 0 Å². The molecule has 1 aromatic heterocycles. The highest BCUT2D eigenvalue weighted by molar-refractivity contribution is 5.79. The smallest absolute Gasteiger partial charge is 0.220 e. The van der Waals surface area contributed by atoms with Gasteiger partial charge in [-0.2, -0.15) is 0 Å². The van der Waals surface area contributed by atoms with Crippen LogP contribution in [-0.2, 0) is 11.2 Å². The zero-order valence-electron chi connectivity index (χ0n) is 11.5. The molecular formula is C16H20N2O. The molecule has 0 saturated carbocycles. The van der Waals surface area contributed by atoms with E-state index in [0.717, 1.165) is 23.0 Å². The van der Waals surface area contributed by atoms with Crippen molar-refractivity contribution in [2.45, 2.75) is 39.2 Å². The monoisotopic (exact) mass is 256 g/mol. The van der Waals surface area contributed by atoms with Crippen LogP contribution in [0.2, 0.25) is 0 Å². The molecule has 0 radical (unpaired) electrons. The van der Waals surface area contributed by atoms with Gasteiger partial charge >= 0.3 is 0 Å². The van der Waals surface area contributed by atoms with Crippen LogP contribution in [-0.4, -0.2) is 16.9 Å². The van der Waals surface area contributed by atoms with Crippen LogP contribution >= 0.6 is 0 Å². The lowest BCUT2D eigenvalue weighted by atomic mass is 10.1. The zero-order chi connectivity index (χ0) is 13.7. The first-order valence-electron chi connectivity index (χ1n) is 6.83. The number of carbonyl (C=O) groups is 1. The number of para-hydroxylation sites is 1. The van der Waals surface area contributed by atoms with Gasteiger partial charge in [0.1, 0.15) is 0 Å². The Bertz CT molecular complexity index is 565. The maximum atomic E-state index is 11.7. The van der Waals surface area contributed by atoms with Gasteiger partial charge in [0.25, 0.3) is 0 Å². The summed E-state index contributed by atoms with van der Waals surface area (Å²) in [6.07, 6.45) is 2.14. The number of benzene rings is 1. The third-order valence-corrected chi connectivity index (χ3v) is 3.28. The van der Waals surface area contributed by atoms with E-state index in [1.165, 1.54) is 0 Å². The summed E-state index contributed by atoms with van der Waals surface area (Å²) in [5.74, 6) is 0.101. The number of pyridine rings is 1. The van der Waals surface area contributed by atoms with Crippen LogP contribution in [0.5, 0.6) is 0 Å². The molecule has 0 saturated heterocycles. The topological polar surface area (TPSA) is 42.0 Å². The molecule has 1 unspecified atom stereocenters. The number of aromatic nitrogens is 1. The number of rotatable bonds is 5. The van der Waals surface area contributed by atoms with E-state index in [0.29, 0.717) is 12.8 Å². The molecular weight excluding hydrogens is 236 g/mol. The van der Waals surface area contributed by atoms with Gasteiger partial charge in [-0.05, 0) is 31.9 Å². The largest absolute Gasteiger partial charge is 0.354 e. The predicted octanol–water partition coefficient (Wildman–Crippen LogP) is 3.08.